The van der Waals surface area contributed by atoms with Crippen LogP contribution in [0.25, 0.3) is 10.8 Å². The van der Waals surface area contributed by atoms with Crippen molar-refractivity contribution in [3.8, 4) is 5.75 Å². The molecule has 3 rings (SSSR count). The molecule has 0 atom stereocenters. The highest BCUT2D eigenvalue weighted by Gasteiger charge is 2.30. The molecule has 0 saturated heterocycles. The number of hydrogen-bond acceptors (Lipinski definition) is 3. The van der Waals surface area contributed by atoms with E-state index in [0.717, 1.165) is 30.1 Å². The Balaban J connectivity index is 1.79. The smallest absolute Gasteiger partial charge is 0.304 e. The van der Waals surface area contributed by atoms with E-state index >= 15 is 0 Å². The van der Waals surface area contributed by atoms with E-state index in [9.17, 15) is 4.79 Å². The van der Waals surface area contributed by atoms with Crippen LogP contribution in [0.15, 0.2) is 30.3 Å². The number of benzene rings is 2. The molecule has 0 unspecified atom stereocenters. The first-order chi connectivity index (χ1) is 13.8. The van der Waals surface area contributed by atoms with E-state index in [1.54, 1.807) is 0 Å². The molecule has 1 fully saturated rings. The first-order valence-corrected chi connectivity index (χ1v) is 11.6. The zero-order valence-electron chi connectivity index (χ0n) is 17.6. The standard InChI is InChI=1S/C24H32INO3/c1-24(2,3)16-8-10-17(11-9-16)29-22-14-21(25)19-7-5-4-6-18(19)20(22)15-26-13-12-23(27)28/h4-7,14,16-17,26H,8-13,15H2,1-3H3,(H,27,28). The van der Waals surface area contributed by atoms with E-state index in [4.69, 9.17) is 9.84 Å². The monoisotopic (exact) mass is 509 g/mol. The van der Waals surface area contributed by atoms with Crippen LogP contribution in [0.2, 0.25) is 0 Å². The maximum absolute atomic E-state index is 10.8. The van der Waals surface area contributed by atoms with Crippen molar-refractivity contribution >= 4 is 39.3 Å². The molecule has 0 amide bonds. The Labute approximate surface area is 187 Å². The molecule has 0 radical (unpaired) electrons. The van der Waals surface area contributed by atoms with Crippen LogP contribution in [-0.2, 0) is 11.3 Å². The van der Waals surface area contributed by atoms with Crippen LogP contribution < -0.4 is 10.1 Å². The molecule has 0 aromatic heterocycles. The number of carboxylic acids is 1. The number of aliphatic carboxylic acids is 1. The lowest BCUT2D eigenvalue weighted by Crippen LogP contribution is -2.30. The molecule has 2 aromatic carbocycles. The summed E-state index contributed by atoms with van der Waals surface area (Å²) >= 11 is 2.38. The van der Waals surface area contributed by atoms with E-state index in [1.165, 1.54) is 27.2 Å². The van der Waals surface area contributed by atoms with Crippen molar-refractivity contribution in [1.29, 1.82) is 0 Å². The number of ether oxygens (including phenoxy) is 1. The maximum atomic E-state index is 10.8. The Kier molecular flexibility index (Phi) is 7.43. The Morgan fingerprint density at radius 3 is 2.45 bits per heavy atom. The summed E-state index contributed by atoms with van der Waals surface area (Å²) in [6.45, 7) is 8.07. The van der Waals surface area contributed by atoms with Crippen molar-refractivity contribution in [2.24, 2.45) is 11.3 Å². The summed E-state index contributed by atoms with van der Waals surface area (Å²) in [6.07, 6.45) is 4.99. The van der Waals surface area contributed by atoms with Crippen LogP contribution in [0.3, 0.4) is 0 Å². The fraction of sp³-hybridized carbons (Fsp3) is 0.542. The largest absolute Gasteiger partial charge is 0.490 e. The van der Waals surface area contributed by atoms with Crippen LogP contribution >= 0.6 is 22.6 Å². The van der Waals surface area contributed by atoms with E-state index in [-0.39, 0.29) is 12.5 Å². The summed E-state index contributed by atoms with van der Waals surface area (Å²) in [7, 11) is 0. The van der Waals surface area contributed by atoms with Gasteiger partial charge in [-0.2, -0.15) is 0 Å². The fourth-order valence-electron chi connectivity index (χ4n) is 4.29. The quantitative estimate of drug-likeness (QED) is 0.356. The highest BCUT2D eigenvalue weighted by atomic mass is 127. The van der Waals surface area contributed by atoms with Gasteiger partial charge in [-0.3, -0.25) is 4.79 Å². The summed E-state index contributed by atoms with van der Waals surface area (Å²) < 4.78 is 7.74. The van der Waals surface area contributed by atoms with Crippen molar-refractivity contribution in [3.05, 3.63) is 39.5 Å². The molecule has 29 heavy (non-hydrogen) atoms. The zero-order valence-corrected chi connectivity index (χ0v) is 19.8. The van der Waals surface area contributed by atoms with Crippen LogP contribution in [0, 0.1) is 14.9 Å². The molecule has 1 aliphatic rings. The minimum Gasteiger partial charge on any atom is -0.490 e. The zero-order chi connectivity index (χ0) is 21.0. The number of hydrogen-bond donors (Lipinski definition) is 2. The molecule has 0 aliphatic heterocycles. The van der Waals surface area contributed by atoms with Gasteiger partial charge in [0, 0.05) is 22.2 Å². The van der Waals surface area contributed by atoms with Gasteiger partial charge in [0.1, 0.15) is 5.75 Å². The summed E-state index contributed by atoms with van der Waals surface area (Å²) in [6, 6.07) is 10.5. The molecule has 1 aliphatic carbocycles. The Hall–Kier alpha value is -1.34. The lowest BCUT2D eigenvalue weighted by Gasteiger charge is -2.37. The average Bonchev–Trinajstić information content (AvgIpc) is 2.67. The molecule has 5 heteroatoms. The van der Waals surface area contributed by atoms with Crippen molar-refractivity contribution in [2.75, 3.05) is 6.54 Å². The fourth-order valence-corrected chi connectivity index (χ4v) is 5.04. The van der Waals surface area contributed by atoms with Gasteiger partial charge in [-0.05, 0) is 76.4 Å². The SMILES string of the molecule is CC(C)(C)C1CCC(Oc2cc(I)c3ccccc3c2CNCCC(=O)O)CC1. The van der Waals surface area contributed by atoms with Crippen LogP contribution in [0.1, 0.15) is 58.4 Å². The second-order valence-electron chi connectivity index (χ2n) is 9.16. The Morgan fingerprint density at radius 1 is 1.17 bits per heavy atom. The molecule has 1 saturated carbocycles. The minimum absolute atomic E-state index is 0.120. The molecule has 0 heterocycles. The van der Waals surface area contributed by atoms with Gasteiger partial charge >= 0.3 is 5.97 Å². The summed E-state index contributed by atoms with van der Waals surface area (Å²) in [5.41, 5.74) is 1.49. The Morgan fingerprint density at radius 2 is 1.83 bits per heavy atom. The number of rotatable bonds is 7. The third-order valence-electron chi connectivity index (χ3n) is 6.07. The van der Waals surface area contributed by atoms with Crippen LogP contribution in [0.5, 0.6) is 5.75 Å². The number of nitrogens with one attached hydrogen (secondary N) is 1. The van der Waals surface area contributed by atoms with E-state index in [2.05, 4.69) is 79.0 Å². The number of carboxylic acid groups (broad SMARTS) is 1. The van der Waals surface area contributed by atoms with E-state index in [1.807, 2.05) is 0 Å². The minimum atomic E-state index is -0.781. The van der Waals surface area contributed by atoms with Gasteiger partial charge in [-0.25, -0.2) is 0 Å². The second-order valence-corrected chi connectivity index (χ2v) is 10.3. The first-order valence-electron chi connectivity index (χ1n) is 10.5. The van der Waals surface area contributed by atoms with Gasteiger partial charge in [-0.1, -0.05) is 45.0 Å². The Bertz CT molecular complexity index is 851. The van der Waals surface area contributed by atoms with Gasteiger partial charge < -0.3 is 15.2 Å². The molecule has 2 N–H and O–H groups in total. The lowest BCUT2D eigenvalue weighted by molar-refractivity contribution is -0.136. The van der Waals surface area contributed by atoms with Crippen molar-refractivity contribution < 1.29 is 14.6 Å². The second kappa shape index (κ2) is 9.65. The van der Waals surface area contributed by atoms with Crippen LogP contribution in [0.4, 0.5) is 0 Å². The molecule has 0 spiro atoms. The van der Waals surface area contributed by atoms with E-state index in [0.29, 0.717) is 18.5 Å². The van der Waals surface area contributed by atoms with E-state index < -0.39 is 5.97 Å². The molecule has 4 nitrogen and oxygen atoms in total. The maximum Gasteiger partial charge on any atom is 0.304 e. The molecule has 2 aromatic rings. The van der Waals surface area contributed by atoms with Gasteiger partial charge in [0.2, 0.25) is 0 Å². The third kappa shape index (κ3) is 5.85. The van der Waals surface area contributed by atoms with Crippen molar-refractivity contribution in [1.82, 2.24) is 5.32 Å². The summed E-state index contributed by atoms with van der Waals surface area (Å²) in [4.78, 5) is 10.8. The predicted molar refractivity (Wildman–Crippen MR) is 126 cm³/mol. The van der Waals surface area contributed by atoms with Gasteiger partial charge in [-0.15, -0.1) is 0 Å². The first kappa shape index (κ1) is 22.3. The number of halogens is 1. The van der Waals surface area contributed by atoms with Crippen molar-refractivity contribution in [3.63, 3.8) is 0 Å². The average molecular weight is 509 g/mol. The number of carbonyl (C=O) groups is 1. The highest BCUT2D eigenvalue weighted by molar-refractivity contribution is 14.1. The van der Waals surface area contributed by atoms with Crippen molar-refractivity contribution in [2.45, 2.75) is 65.5 Å². The summed E-state index contributed by atoms with van der Waals surface area (Å²) in [5, 5.41) is 14.6. The number of fused-ring (bicyclic) bond motifs is 1. The molecule has 158 valence electrons. The molecular weight excluding hydrogens is 477 g/mol. The third-order valence-corrected chi connectivity index (χ3v) is 6.97. The van der Waals surface area contributed by atoms with Gasteiger partial charge in [0.05, 0.1) is 12.5 Å². The molecule has 0 bridgehead atoms. The van der Waals surface area contributed by atoms with Gasteiger partial charge in [0.25, 0.3) is 0 Å². The lowest BCUT2D eigenvalue weighted by atomic mass is 9.72. The predicted octanol–water partition coefficient (Wildman–Crippen LogP) is 5.99. The van der Waals surface area contributed by atoms with Crippen LogP contribution in [-0.4, -0.2) is 23.7 Å². The summed E-state index contributed by atoms with van der Waals surface area (Å²) in [5.74, 6) is 0.920. The normalized spacial score (nSPS) is 20.0. The highest BCUT2D eigenvalue weighted by Crippen LogP contribution is 2.40. The molecular formula is C24H32INO3. The topological polar surface area (TPSA) is 58.6 Å². The van der Waals surface area contributed by atoms with Gasteiger partial charge in [0.15, 0.2) is 0 Å².